The lowest BCUT2D eigenvalue weighted by Gasteiger charge is -2.23. The van der Waals surface area contributed by atoms with Gasteiger partial charge in [0.15, 0.2) is 0 Å². The smallest absolute Gasteiger partial charge is 0.126 e. The van der Waals surface area contributed by atoms with Gasteiger partial charge in [0, 0.05) is 29.9 Å². The van der Waals surface area contributed by atoms with E-state index in [0.717, 1.165) is 77.2 Å². The Kier molecular flexibility index (Phi) is 9.79. The molecule has 37 heavy (non-hydrogen) atoms. The number of rotatable bonds is 11. The monoisotopic (exact) mass is 520 g/mol. The Balaban J connectivity index is 1.86. The lowest BCUT2D eigenvalue weighted by Crippen LogP contribution is -2.19. The van der Waals surface area contributed by atoms with Crippen molar-refractivity contribution in [3.63, 3.8) is 0 Å². The number of ether oxygens (including phenoxy) is 1. The summed E-state index contributed by atoms with van der Waals surface area (Å²) in [5.41, 5.74) is 7.79. The molecular formula is C32H42FN2OP. The number of allylic oxidation sites excluding steroid dienone is 1. The largest absolute Gasteiger partial charge is 0.493 e. The third kappa shape index (κ3) is 6.93. The molecule has 0 bridgehead atoms. The van der Waals surface area contributed by atoms with Crippen LogP contribution in [0.2, 0.25) is 0 Å². The summed E-state index contributed by atoms with van der Waals surface area (Å²) in [5.74, 6) is 0.738. The molecule has 2 aromatic carbocycles. The number of halogens is 1. The van der Waals surface area contributed by atoms with E-state index in [1.165, 1.54) is 5.30 Å². The Morgan fingerprint density at radius 3 is 2.46 bits per heavy atom. The van der Waals surface area contributed by atoms with Gasteiger partial charge in [0.2, 0.25) is 0 Å². The van der Waals surface area contributed by atoms with E-state index in [1.807, 2.05) is 19.1 Å². The Morgan fingerprint density at radius 1 is 1.08 bits per heavy atom. The number of aryl methyl sites for hydroxylation is 2. The van der Waals surface area contributed by atoms with Crippen LogP contribution in [0.15, 0.2) is 48.5 Å². The third-order valence-electron chi connectivity index (χ3n) is 6.96. The van der Waals surface area contributed by atoms with Crippen molar-refractivity contribution < 1.29 is 9.13 Å². The van der Waals surface area contributed by atoms with Crippen molar-refractivity contribution in [2.45, 2.75) is 54.4 Å². The Labute approximate surface area is 223 Å². The molecular weight excluding hydrogens is 478 g/mol. The first-order valence-corrected chi connectivity index (χ1v) is 15.8. The number of nitrogens with one attached hydrogen (secondary N) is 1. The zero-order chi connectivity index (χ0) is 27.2. The maximum absolute atomic E-state index is 14.4. The van der Waals surface area contributed by atoms with Crippen LogP contribution in [0.5, 0.6) is 5.75 Å². The van der Waals surface area contributed by atoms with Crippen molar-refractivity contribution in [3.8, 4) is 17.0 Å². The van der Waals surface area contributed by atoms with Gasteiger partial charge in [0.1, 0.15) is 11.6 Å². The molecule has 1 aromatic heterocycles. The van der Waals surface area contributed by atoms with Gasteiger partial charge in [0.25, 0.3) is 0 Å². The summed E-state index contributed by atoms with van der Waals surface area (Å²) >= 11 is 0. The van der Waals surface area contributed by atoms with Crippen molar-refractivity contribution in [2.24, 2.45) is 0 Å². The van der Waals surface area contributed by atoms with E-state index in [2.05, 4.69) is 76.3 Å². The SMILES string of the molecule is C=P(C)(CC)c1cc(CCNC(=CC)c2ccc(OCCC)c(C)c2)nc(-c2ccc(C)c(F)c2)c1C. The van der Waals surface area contributed by atoms with Gasteiger partial charge in [-0.3, -0.25) is 4.98 Å². The van der Waals surface area contributed by atoms with E-state index in [1.54, 1.807) is 13.0 Å². The van der Waals surface area contributed by atoms with Crippen LogP contribution in [0.3, 0.4) is 0 Å². The van der Waals surface area contributed by atoms with Gasteiger partial charge < -0.3 is 10.1 Å². The van der Waals surface area contributed by atoms with Crippen LogP contribution in [0.4, 0.5) is 4.39 Å². The van der Waals surface area contributed by atoms with Crippen LogP contribution in [0, 0.1) is 26.6 Å². The topological polar surface area (TPSA) is 34.1 Å². The third-order valence-corrected chi connectivity index (χ3v) is 9.98. The maximum atomic E-state index is 14.4. The lowest BCUT2D eigenvalue weighted by atomic mass is 10.0. The summed E-state index contributed by atoms with van der Waals surface area (Å²) in [4.78, 5) is 5.02. The van der Waals surface area contributed by atoms with Crippen LogP contribution in [-0.4, -0.2) is 37.3 Å². The molecule has 0 fully saturated rings. The number of pyridine rings is 1. The predicted molar refractivity (Wildman–Crippen MR) is 162 cm³/mol. The van der Waals surface area contributed by atoms with E-state index >= 15 is 0 Å². The highest BCUT2D eigenvalue weighted by molar-refractivity contribution is 7.80. The Bertz CT molecular complexity index is 1330. The molecule has 0 aliphatic carbocycles. The summed E-state index contributed by atoms with van der Waals surface area (Å²) < 4.78 is 20.3. The van der Waals surface area contributed by atoms with E-state index in [4.69, 9.17) is 9.72 Å². The highest BCUT2D eigenvalue weighted by Crippen LogP contribution is 2.41. The molecule has 0 radical (unpaired) electrons. The molecule has 0 aliphatic heterocycles. The summed E-state index contributed by atoms with van der Waals surface area (Å²) in [6, 6.07) is 14.0. The van der Waals surface area contributed by atoms with Crippen molar-refractivity contribution >= 4 is 24.2 Å². The molecule has 0 aliphatic rings. The second-order valence-corrected chi connectivity index (χ2v) is 13.9. The molecule has 3 aromatic rings. The van der Waals surface area contributed by atoms with Crippen LogP contribution < -0.4 is 15.4 Å². The summed E-state index contributed by atoms with van der Waals surface area (Å²) in [7, 11) is 0. The zero-order valence-corrected chi connectivity index (χ0v) is 24.4. The minimum Gasteiger partial charge on any atom is -0.493 e. The molecule has 1 atom stereocenters. The molecule has 3 rings (SSSR count). The molecule has 1 heterocycles. The van der Waals surface area contributed by atoms with Gasteiger partial charge >= 0.3 is 0 Å². The molecule has 0 amide bonds. The van der Waals surface area contributed by atoms with Gasteiger partial charge in [0.05, 0.1) is 12.3 Å². The van der Waals surface area contributed by atoms with Crippen molar-refractivity contribution in [2.75, 3.05) is 26.0 Å². The molecule has 1 N–H and O–H groups in total. The molecule has 3 nitrogen and oxygen atoms in total. The van der Waals surface area contributed by atoms with E-state index in [9.17, 15) is 4.39 Å². The Morgan fingerprint density at radius 2 is 1.84 bits per heavy atom. The molecule has 5 heteroatoms. The number of benzene rings is 2. The first kappa shape index (κ1) is 28.7. The average Bonchev–Trinajstić information content (AvgIpc) is 2.88. The van der Waals surface area contributed by atoms with Crippen LogP contribution in [0.25, 0.3) is 17.0 Å². The fourth-order valence-electron chi connectivity index (χ4n) is 4.41. The first-order chi connectivity index (χ1) is 17.6. The van der Waals surface area contributed by atoms with Gasteiger partial charge in [-0.05, 0) is 105 Å². The Hall–Kier alpha value is -2.84. The van der Waals surface area contributed by atoms with Gasteiger partial charge in [-0.15, -0.1) is 0 Å². The van der Waals surface area contributed by atoms with Crippen molar-refractivity contribution in [3.05, 3.63) is 82.3 Å². The normalized spacial score (nSPS) is 13.4. The number of hydrogen-bond acceptors (Lipinski definition) is 3. The molecule has 0 spiro atoms. The molecule has 198 valence electrons. The minimum atomic E-state index is -1.56. The van der Waals surface area contributed by atoms with Crippen molar-refractivity contribution in [1.82, 2.24) is 10.3 Å². The van der Waals surface area contributed by atoms with Crippen LogP contribution in [-0.2, 0) is 6.42 Å². The lowest BCUT2D eigenvalue weighted by molar-refractivity contribution is 0.315. The van der Waals surface area contributed by atoms with Gasteiger partial charge in [-0.2, -0.15) is 0 Å². The summed E-state index contributed by atoms with van der Waals surface area (Å²) in [5, 5.41) is 4.88. The van der Waals surface area contributed by atoms with E-state index in [-0.39, 0.29) is 5.82 Å². The van der Waals surface area contributed by atoms with E-state index in [0.29, 0.717) is 5.56 Å². The fraction of sp³-hybridized carbons (Fsp3) is 0.375. The fourth-order valence-corrected chi connectivity index (χ4v) is 6.13. The second-order valence-electron chi connectivity index (χ2n) is 9.99. The van der Waals surface area contributed by atoms with Crippen LogP contribution >= 0.6 is 6.89 Å². The second kappa shape index (κ2) is 12.6. The van der Waals surface area contributed by atoms with Gasteiger partial charge in [-0.25, -0.2) is 4.39 Å². The molecule has 0 saturated carbocycles. The van der Waals surface area contributed by atoms with E-state index < -0.39 is 6.89 Å². The number of hydrogen-bond donors (Lipinski definition) is 1. The van der Waals surface area contributed by atoms with Crippen molar-refractivity contribution in [1.29, 1.82) is 0 Å². The first-order valence-electron chi connectivity index (χ1n) is 13.2. The highest BCUT2D eigenvalue weighted by Gasteiger charge is 2.18. The summed E-state index contributed by atoms with van der Waals surface area (Å²) in [6.45, 7) is 14.5. The average molecular weight is 521 g/mol. The number of aromatic nitrogens is 1. The minimum absolute atomic E-state index is 0.200. The zero-order valence-electron chi connectivity index (χ0n) is 23.5. The quantitative estimate of drug-likeness (QED) is 0.266. The molecule has 0 saturated heterocycles. The highest BCUT2D eigenvalue weighted by atomic mass is 31.2. The summed E-state index contributed by atoms with van der Waals surface area (Å²) in [6.07, 6.45) is 9.46. The predicted octanol–water partition coefficient (Wildman–Crippen LogP) is 7.52. The maximum Gasteiger partial charge on any atom is 0.126 e. The molecule has 1 unspecified atom stereocenters. The van der Waals surface area contributed by atoms with Gasteiger partial charge in [-0.1, -0.05) is 45.2 Å². The van der Waals surface area contributed by atoms with Crippen LogP contribution in [0.1, 0.15) is 55.1 Å². The standard InChI is InChI=1S/C32H42FN2OP/c1-9-18-36-30-15-14-25(19-23(30)5)29(10-2)34-17-16-27-21-31(37(7,8)11-3)24(6)32(35-27)26-13-12-22(4)28(33)20-26/h10,12-15,19-21,34H,7,9,11,16-18H2,1-6,8H3. The number of nitrogens with zero attached hydrogens (tertiary/aromatic N) is 1.